The third-order valence-electron chi connectivity index (χ3n) is 6.55. The van der Waals surface area contributed by atoms with Crippen LogP contribution in [0.5, 0.6) is 0 Å². The quantitative estimate of drug-likeness (QED) is 0.358. The van der Waals surface area contributed by atoms with Crippen molar-refractivity contribution in [2.75, 3.05) is 0 Å². The van der Waals surface area contributed by atoms with Gasteiger partial charge in [-0.25, -0.2) is 4.39 Å². The van der Waals surface area contributed by atoms with Gasteiger partial charge >= 0.3 is 0 Å². The van der Waals surface area contributed by atoms with Crippen molar-refractivity contribution in [1.29, 1.82) is 0 Å². The lowest BCUT2D eigenvalue weighted by Crippen LogP contribution is -2.38. The zero-order valence-corrected chi connectivity index (χ0v) is 17.3. The number of rotatable bonds is 2. The molecule has 0 saturated heterocycles. The molecule has 0 saturated carbocycles. The number of halogens is 1. The lowest BCUT2D eigenvalue weighted by molar-refractivity contribution is -0.116. The average molecular weight is 414 g/mol. The maximum absolute atomic E-state index is 14.6. The molecule has 1 nitrogen and oxygen atoms in total. The van der Waals surface area contributed by atoms with Gasteiger partial charge in [0.1, 0.15) is 11.2 Å². The van der Waals surface area contributed by atoms with Crippen molar-refractivity contribution in [1.82, 2.24) is 0 Å². The fourth-order valence-electron chi connectivity index (χ4n) is 5.32. The highest BCUT2D eigenvalue weighted by Crippen LogP contribution is 2.58. The summed E-state index contributed by atoms with van der Waals surface area (Å²) in [5, 5.41) is 0. The minimum Gasteiger partial charge on any atom is -0.293 e. The maximum atomic E-state index is 14.6. The van der Waals surface area contributed by atoms with Gasteiger partial charge in [0.05, 0.1) is 0 Å². The second-order valence-electron chi connectivity index (χ2n) is 8.21. The van der Waals surface area contributed by atoms with Gasteiger partial charge in [0, 0.05) is 0 Å². The topological polar surface area (TPSA) is 17.1 Å². The van der Waals surface area contributed by atoms with Crippen LogP contribution in [-0.2, 0) is 10.2 Å². The average Bonchev–Trinajstić information content (AvgIpc) is 3.14. The van der Waals surface area contributed by atoms with Crippen molar-refractivity contribution in [3.05, 3.63) is 148 Å². The number of carbonyl (C=O) groups is 1. The van der Waals surface area contributed by atoms with Crippen LogP contribution >= 0.6 is 0 Å². The number of hydrogen-bond donors (Lipinski definition) is 0. The molecule has 1 unspecified atom stereocenters. The molecule has 6 rings (SSSR count). The summed E-state index contributed by atoms with van der Waals surface area (Å²) in [7, 11) is 0. The van der Waals surface area contributed by atoms with Crippen LogP contribution in [0.15, 0.2) is 109 Å². The van der Waals surface area contributed by atoms with E-state index in [9.17, 15) is 9.18 Å². The molecule has 0 aromatic heterocycles. The van der Waals surface area contributed by atoms with Gasteiger partial charge in [-0.15, -0.1) is 0 Å². The van der Waals surface area contributed by atoms with Crippen molar-refractivity contribution in [2.24, 2.45) is 0 Å². The molecular formula is C30H19FO. The molecule has 32 heavy (non-hydrogen) atoms. The number of carbonyl (C=O) groups excluding carboxylic acids is 1. The van der Waals surface area contributed by atoms with Crippen molar-refractivity contribution in [3.8, 4) is 0 Å². The molecule has 0 amide bonds. The molecule has 2 aliphatic rings. The fraction of sp³-hybridized carbons (Fsp3) is 0.0333. The third-order valence-corrected chi connectivity index (χ3v) is 6.55. The fourth-order valence-corrected chi connectivity index (χ4v) is 5.32. The number of ketones is 1. The lowest BCUT2D eigenvalue weighted by atomic mass is 9.63. The SMILES string of the molecule is O=C1C=Cc2ccccc2C12C(c1ccccc1)=C(c1ccccc1)c1cc(F)ccc12. The van der Waals surface area contributed by atoms with E-state index < -0.39 is 5.41 Å². The van der Waals surface area contributed by atoms with E-state index in [-0.39, 0.29) is 11.6 Å². The van der Waals surface area contributed by atoms with Gasteiger partial charge in [0.2, 0.25) is 0 Å². The van der Waals surface area contributed by atoms with Crippen molar-refractivity contribution in [2.45, 2.75) is 5.41 Å². The molecule has 0 N–H and O–H groups in total. The Labute approximate surface area is 186 Å². The van der Waals surface area contributed by atoms with Gasteiger partial charge in [0.25, 0.3) is 0 Å². The molecule has 4 aromatic rings. The Balaban J connectivity index is 1.84. The molecular weight excluding hydrogens is 395 g/mol. The number of hydrogen-bond acceptors (Lipinski definition) is 1. The van der Waals surface area contributed by atoms with Crippen molar-refractivity contribution in [3.63, 3.8) is 0 Å². The molecule has 0 heterocycles. The van der Waals surface area contributed by atoms with Crippen LogP contribution in [0.1, 0.15) is 33.4 Å². The van der Waals surface area contributed by atoms with Gasteiger partial charge in [-0.1, -0.05) is 97.1 Å². The Morgan fingerprint density at radius 2 is 1.28 bits per heavy atom. The van der Waals surface area contributed by atoms with Crippen LogP contribution in [0, 0.1) is 5.82 Å². The molecule has 0 radical (unpaired) electrons. The Hall–Kier alpha value is -4.04. The summed E-state index contributed by atoms with van der Waals surface area (Å²) in [6.07, 6.45) is 3.56. The minimum atomic E-state index is -1.03. The predicted molar refractivity (Wildman–Crippen MR) is 126 cm³/mol. The summed E-state index contributed by atoms with van der Waals surface area (Å²) in [4.78, 5) is 14.0. The molecule has 1 atom stereocenters. The van der Waals surface area contributed by atoms with Crippen LogP contribution in [0.25, 0.3) is 17.2 Å². The lowest BCUT2D eigenvalue weighted by Gasteiger charge is -2.36. The van der Waals surface area contributed by atoms with E-state index in [0.29, 0.717) is 0 Å². The second kappa shape index (κ2) is 7.00. The van der Waals surface area contributed by atoms with Gasteiger partial charge < -0.3 is 0 Å². The number of benzene rings is 4. The molecule has 0 fully saturated rings. The Kier molecular flexibility index (Phi) is 4.09. The molecule has 152 valence electrons. The summed E-state index contributed by atoms with van der Waals surface area (Å²) in [5.41, 5.74) is 6.26. The number of fused-ring (bicyclic) bond motifs is 4. The summed E-state index contributed by atoms with van der Waals surface area (Å²) >= 11 is 0. The Morgan fingerprint density at radius 3 is 2.03 bits per heavy atom. The van der Waals surface area contributed by atoms with Crippen LogP contribution in [-0.4, -0.2) is 5.78 Å². The third kappa shape index (κ3) is 2.47. The van der Waals surface area contributed by atoms with Crippen molar-refractivity contribution < 1.29 is 9.18 Å². The summed E-state index contributed by atoms with van der Waals surface area (Å²) in [6, 6.07) is 32.8. The zero-order chi connectivity index (χ0) is 21.7. The highest BCUT2D eigenvalue weighted by molar-refractivity contribution is 6.24. The van der Waals surface area contributed by atoms with Gasteiger partial charge in [-0.2, -0.15) is 0 Å². The van der Waals surface area contributed by atoms with Gasteiger partial charge in [-0.05, 0) is 62.7 Å². The van der Waals surface area contributed by atoms with Crippen LogP contribution in [0.4, 0.5) is 4.39 Å². The zero-order valence-electron chi connectivity index (χ0n) is 17.3. The first-order chi connectivity index (χ1) is 15.7. The second-order valence-corrected chi connectivity index (χ2v) is 8.21. The molecule has 4 aromatic carbocycles. The predicted octanol–water partition coefficient (Wildman–Crippen LogP) is 6.68. The van der Waals surface area contributed by atoms with E-state index in [4.69, 9.17) is 0 Å². The van der Waals surface area contributed by atoms with E-state index in [0.717, 1.165) is 44.5 Å². The largest absolute Gasteiger partial charge is 0.293 e. The highest BCUT2D eigenvalue weighted by Gasteiger charge is 2.53. The van der Waals surface area contributed by atoms with Crippen LogP contribution in [0.3, 0.4) is 0 Å². The van der Waals surface area contributed by atoms with Crippen LogP contribution < -0.4 is 0 Å². The molecule has 2 aliphatic carbocycles. The van der Waals surface area contributed by atoms with Gasteiger partial charge in [-0.3, -0.25) is 4.79 Å². The monoisotopic (exact) mass is 414 g/mol. The van der Waals surface area contributed by atoms with E-state index >= 15 is 0 Å². The highest BCUT2D eigenvalue weighted by atomic mass is 19.1. The normalized spacial score (nSPS) is 18.7. The first kappa shape index (κ1) is 18.7. The summed E-state index contributed by atoms with van der Waals surface area (Å²) in [6.45, 7) is 0. The summed E-state index contributed by atoms with van der Waals surface area (Å²) < 4.78 is 14.6. The minimum absolute atomic E-state index is 0.00570. The molecule has 0 aliphatic heterocycles. The molecule has 2 heteroatoms. The first-order valence-electron chi connectivity index (χ1n) is 10.7. The van der Waals surface area contributed by atoms with Crippen molar-refractivity contribution >= 4 is 23.0 Å². The Bertz CT molecular complexity index is 1430. The van der Waals surface area contributed by atoms with E-state index in [1.54, 1.807) is 18.2 Å². The summed E-state index contributed by atoms with van der Waals surface area (Å²) in [5.74, 6) is -0.317. The molecule has 0 bridgehead atoms. The van der Waals surface area contributed by atoms with Crippen LogP contribution in [0.2, 0.25) is 0 Å². The maximum Gasteiger partial charge on any atom is 0.175 e. The Morgan fingerprint density at radius 1 is 0.625 bits per heavy atom. The standard InChI is InChI=1S/C30H19FO/c31-23-16-17-26-24(19-23)28(21-10-3-1-4-11-21)29(22-12-5-2-6-13-22)30(26)25-14-8-7-9-20(25)15-18-27(30)32/h1-19H. The number of allylic oxidation sites excluding steroid dienone is 2. The van der Waals surface area contributed by atoms with E-state index in [1.807, 2.05) is 91.0 Å². The van der Waals surface area contributed by atoms with E-state index in [2.05, 4.69) is 0 Å². The van der Waals surface area contributed by atoms with Gasteiger partial charge in [0.15, 0.2) is 5.78 Å². The smallest absolute Gasteiger partial charge is 0.175 e. The first-order valence-corrected chi connectivity index (χ1v) is 10.7. The molecule has 1 spiro atoms. The van der Waals surface area contributed by atoms with E-state index in [1.165, 1.54) is 6.07 Å².